The van der Waals surface area contributed by atoms with Crippen LogP contribution in [-0.2, 0) is 16.1 Å². The zero-order valence-corrected chi connectivity index (χ0v) is 19.3. The number of ether oxygens (including phenoxy) is 1. The zero-order valence-electron chi connectivity index (χ0n) is 18.6. The molecule has 5 nitrogen and oxygen atoms in total. The maximum absolute atomic E-state index is 13.1. The second-order valence-electron chi connectivity index (χ2n) is 8.60. The molecule has 0 fully saturated rings. The van der Waals surface area contributed by atoms with Gasteiger partial charge in [-0.1, -0.05) is 29.8 Å². The third-order valence-corrected chi connectivity index (χ3v) is 4.98. The highest BCUT2D eigenvalue weighted by molar-refractivity contribution is 6.30. The number of benzene rings is 2. The van der Waals surface area contributed by atoms with Gasteiger partial charge in [-0.15, -0.1) is 0 Å². The fourth-order valence-electron chi connectivity index (χ4n) is 2.92. The number of carbonyl (C=O) groups is 2. The van der Waals surface area contributed by atoms with Crippen molar-refractivity contribution in [3.8, 4) is 5.75 Å². The van der Waals surface area contributed by atoms with Gasteiger partial charge in [0, 0.05) is 17.1 Å². The minimum Gasteiger partial charge on any atom is -0.484 e. The van der Waals surface area contributed by atoms with Crippen LogP contribution in [0.1, 0.15) is 44.4 Å². The van der Waals surface area contributed by atoms with Gasteiger partial charge in [0.05, 0.1) is 0 Å². The third kappa shape index (κ3) is 7.06. The molecule has 0 aliphatic heterocycles. The van der Waals surface area contributed by atoms with Crippen molar-refractivity contribution in [2.75, 3.05) is 6.61 Å². The summed E-state index contributed by atoms with van der Waals surface area (Å²) >= 11 is 6.10. The summed E-state index contributed by atoms with van der Waals surface area (Å²) in [4.78, 5) is 27.3. The van der Waals surface area contributed by atoms with Gasteiger partial charge in [-0.2, -0.15) is 0 Å². The Labute approximate surface area is 184 Å². The molecule has 0 aliphatic carbocycles. The van der Waals surface area contributed by atoms with Gasteiger partial charge in [-0.25, -0.2) is 0 Å². The first-order chi connectivity index (χ1) is 14.0. The fraction of sp³-hybridized carbons (Fsp3) is 0.417. The number of hydrogen-bond acceptors (Lipinski definition) is 3. The number of carbonyl (C=O) groups excluding carboxylic acids is 2. The average molecular weight is 431 g/mol. The lowest BCUT2D eigenvalue weighted by Crippen LogP contribution is -2.53. The van der Waals surface area contributed by atoms with Gasteiger partial charge in [0.2, 0.25) is 5.91 Å². The molecule has 0 radical (unpaired) electrons. The van der Waals surface area contributed by atoms with Crippen LogP contribution in [-0.4, -0.2) is 34.9 Å². The molecule has 1 N–H and O–H groups in total. The van der Waals surface area contributed by atoms with E-state index < -0.39 is 11.6 Å². The Morgan fingerprint density at radius 2 is 1.80 bits per heavy atom. The van der Waals surface area contributed by atoms with Crippen LogP contribution in [0.2, 0.25) is 5.02 Å². The highest BCUT2D eigenvalue weighted by Gasteiger charge is 2.28. The molecule has 0 aromatic heterocycles. The van der Waals surface area contributed by atoms with Crippen molar-refractivity contribution in [2.45, 2.75) is 59.7 Å². The Hall–Kier alpha value is -2.53. The molecule has 0 spiro atoms. The number of amides is 2. The first-order valence-electron chi connectivity index (χ1n) is 10.0. The highest BCUT2D eigenvalue weighted by atomic mass is 35.5. The van der Waals surface area contributed by atoms with Gasteiger partial charge in [-0.05, 0) is 82.5 Å². The Bertz CT molecular complexity index is 906. The quantitative estimate of drug-likeness (QED) is 0.694. The van der Waals surface area contributed by atoms with Crippen LogP contribution < -0.4 is 10.1 Å². The minimum absolute atomic E-state index is 0.157. The van der Waals surface area contributed by atoms with Gasteiger partial charge in [0.1, 0.15) is 11.8 Å². The summed E-state index contributed by atoms with van der Waals surface area (Å²) in [6, 6.07) is 12.3. The highest BCUT2D eigenvalue weighted by Crippen LogP contribution is 2.18. The maximum atomic E-state index is 13.1. The van der Waals surface area contributed by atoms with E-state index in [1.165, 1.54) is 4.90 Å². The van der Waals surface area contributed by atoms with Gasteiger partial charge in [0.15, 0.2) is 6.61 Å². The number of nitrogens with one attached hydrogen (secondary N) is 1. The number of hydrogen-bond donors (Lipinski definition) is 1. The Morgan fingerprint density at radius 1 is 1.10 bits per heavy atom. The molecular formula is C24H31ClN2O3. The molecule has 0 unspecified atom stereocenters. The topological polar surface area (TPSA) is 58.6 Å². The van der Waals surface area contributed by atoms with E-state index in [2.05, 4.69) is 5.32 Å². The van der Waals surface area contributed by atoms with Gasteiger partial charge in [-0.3, -0.25) is 9.59 Å². The van der Waals surface area contributed by atoms with Crippen molar-refractivity contribution in [3.63, 3.8) is 0 Å². The summed E-state index contributed by atoms with van der Waals surface area (Å²) in [6.45, 7) is 11.6. The van der Waals surface area contributed by atoms with E-state index in [0.717, 1.165) is 16.7 Å². The second kappa shape index (κ2) is 9.98. The van der Waals surface area contributed by atoms with E-state index in [1.54, 1.807) is 19.1 Å². The summed E-state index contributed by atoms with van der Waals surface area (Å²) in [6.07, 6.45) is 0. The van der Waals surface area contributed by atoms with E-state index in [9.17, 15) is 9.59 Å². The first-order valence-corrected chi connectivity index (χ1v) is 10.4. The van der Waals surface area contributed by atoms with Crippen molar-refractivity contribution >= 4 is 23.4 Å². The molecule has 162 valence electrons. The van der Waals surface area contributed by atoms with Crippen molar-refractivity contribution in [1.82, 2.24) is 10.2 Å². The smallest absolute Gasteiger partial charge is 0.261 e. The molecule has 2 aromatic rings. The maximum Gasteiger partial charge on any atom is 0.261 e. The predicted molar refractivity (Wildman–Crippen MR) is 121 cm³/mol. The molecule has 0 bridgehead atoms. The molecule has 2 rings (SSSR count). The molecule has 1 atom stereocenters. The van der Waals surface area contributed by atoms with E-state index in [1.807, 2.05) is 65.0 Å². The van der Waals surface area contributed by atoms with Crippen molar-refractivity contribution in [2.24, 2.45) is 0 Å². The molecule has 6 heteroatoms. The van der Waals surface area contributed by atoms with Crippen LogP contribution in [0.25, 0.3) is 0 Å². The average Bonchev–Trinajstić information content (AvgIpc) is 2.65. The van der Waals surface area contributed by atoms with E-state index in [4.69, 9.17) is 16.3 Å². The van der Waals surface area contributed by atoms with Crippen molar-refractivity contribution in [3.05, 3.63) is 64.2 Å². The van der Waals surface area contributed by atoms with Crippen LogP contribution in [0, 0.1) is 13.8 Å². The molecule has 30 heavy (non-hydrogen) atoms. The summed E-state index contributed by atoms with van der Waals surface area (Å²) in [7, 11) is 0. The minimum atomic E-state index is -0.668. The number of aryl methyl sites for hydroxylation is 2. The Balaban J connectivity index is 2.18. The van der Waals surface area contributed by atoms with Gasteiger partial charge in [0.25, 0.3) is 5.91 Å². The summed E-state index contributed by atoms with van der Waals surface area (Å²) in [5.41, 5.74) is 2.70. The molecule has 0 saturated carbocycles. The van der Waals surface area contributed by atoms with Crippen LogP contribution in [0.5, 0.6) is 5.75 Å². The monoisotopic (exact) mass is 430 g/mol. The number of nitrogens with zero attached hydrogens (tertiary/aromatic N) is 1. The summed E-state index contributed by atoms with van der Waals surface area (Å²) in [5.74, 6) is 0.134. The zero-order chi connectivity index (χ0) is 22.5. The molecule has 2 amide bonds. The van der Waals surface area contributed by atoms with E-state index >= 15 is 0 Å². The molecule has 0 heterocycles. The lowest BCUT2D eigenvalue weighted by Gasteiger charge is -2.31. The Kier molecular flexibility index (Phi) is 7.90. The Morgan fingerprint density at radius 3 is 2.40 bits per heavy atom. The predicted octanol–water partition coefficient (Wildman–Crippen LogP) is 4.67. The molecular weight excluding hydrogens is 400 g/mol. The van der Waals surface area contributed by atoms with Crippen LogP contribution in [0.3, 0.4) is 0 Å². The lowest BCUT2D eigenvalue weighted by molar-refractivity contribution is -0.142. The standard InChI is InChI=1S/C24H31ClN2O3/c1-16-10-11-21(12-17(16)2)30-15-22(28)27(14-19-8-7-9-20(25)13-19)18(3)23(29)26-24(4,5)6/h7-13,18H,14-15H2,1-6H3,(H,26,29)/t18-/m1/s1. The SMILES string of the molecule is Cc1ccc(OCC(=O)N(Cc2cccc(Cl)c2)[C@H](C)C(=O)NC(C)(C)C)cc1C. The second-order valence-corrected chi connectivity index (χ2v) is 9.04. The first kappa shape index (κ1) is 23.7. The normalized spacial score (nSPS) is 12.2. The van der Waals surface area contributed by atoms with E-state index in [-0.39, 0.29) is 25.0 Å². The van der Waals surface area contributed by atoms with Crippen LogP contribution >= 0.6 is 11.6 Å². The summed E-state index contributed by atoms with van der Waals surface area (Å²) < 4.78 is 5.73. The molecule has 2 aromatic carbocycles. The summed E-state index contributed by atoms with van der Waals surface area (Å²) in [5, 5.41) is 3.52. The largest absolute Gasteiger partial charge is 0.484 e. The molecule has 0 aliphatic rings. The van der Waals surface area contributed by atoms with Crippen LogP contribution in [0.15, 0.2) is 42.5 Å². The van der Waals surface area contributed by atoms with Crippen molar-refractivity contribution in [1.29, 1.82) is 0 Å². The van der Waals surface area contributed by atoms with Crippen molar-refractivity contribution < 1.29 is 14.3 Å². The number of halogens is 1. The van der Waals surface area contributed by atoms with Gasteiger partial charge >= 0.3 is 0 Å². The lowest BCUT2D eigenvalue weighted by atomic mass is 10.1. The van der Waals surface area contributed by atoms with E-state index in [0.29, 0.717) is 10.8 Å². The van der Waals surface area contributed by atoms with Crippen LogP contribution in [0.4, 0.5) is 0 Å². The fourth-order valence-corrected chi connectivity index (χ4v) is 3.13. The third-order valence-electron chi connectivity index (χ3n) is 4.75. The van der Waals surface area contributed by atoms with Gasteiger partial charge < -0.3 is 15.0 Å². The molecule has 0 saturated heterocycles. The number of rotatable bonds is 7.